The van der Waals surface area contributed by atoms with Crippen molar-refractivity contribution in [1.29, 1.82) is 0 Å². The molecule has 4 rings (SSSR count). The first-order valence-electron chi connectivity index (χ1n) is 8.38. The number of phenols is 1. The third kappa shape index (κ3) is 2.17. The van der Waals surface area contributed by atoms with Crippen molar-refractivity contribution in [1.82, 2.24) is 5.32 Å². The van der Waals surface area contributed by atoms with E-state index in [1.54, 1.807) is 12.1 Å². The van der Waals surface area contributed by atoms with Crippen LogP contribution in [0.3, 0.4) is 0 Å². The molecule has 3 aliphatic carbocycles. The highest BCUT2D eigenvalue weighted by Crippen LogP contribution is 2.58. The van der Waals surface area contributed by atoms with Crippen LogP contribution in [0.15, 0.2) is 18.2 Å². The number of rotatable bonds is 3. The normalized spacial score (nSPS) is 38.7. The smallest absolute Gasteiger partial charge is 0.131 e. The zero-order valence-corrected chi connectivity index (χ0v) is 12.6. The molecule has 0 heterocycles. The molecule has 1 aromatic carbocycles. The second-order valence-electron chi connectivity index (χ2n) is 7.35. The molecule has 3 aliphatic rings. The van der Waals surface area contributed by atoms with Gasteiger partial charge in [-0.3, -0.25) is 0 Å². The quantitative estimate of drug-likeness (QED) is 0.881. The Hall–Kier alpha value is -1.09. The van der Waals surface area contributed by atoms with Crippen LogP contribution in [0.4, 0.5) is 4.39 Å². The van der Waals surface area contributed by atoms with Gasteiger partial charge in [0.25, 0.3) is 0 Å². The fourth-order valence-corrected chi connectivity index (χ4v) is 5.54. The predicted molar refractivity (Wildman–Crippen MR) is 80.4 cm³/mol. The fourth-order valence-electron chi connectivity index (χ4n) is 5.54. The Bertz CT molecular complexity index is 546. The highest BCUT2D eigenvalue weighted by molar-refractivity contribution is 5.29. The maximum Gasteiger partial charge on any atom is 0.131 e. The lowest BCUT2D eigenvalue weighted by Gasteiger charge is -2.34. The molecule has 6 atom stereocenters. The topological polar surface area (TPSA) is 32.3 Å². The van der Waals surface area contributed by atoms with Crippen LogP contribution in [0, 0.1) is 29.5 Å². The molecule has 0 radical (unpaired) electrons. The molecule has 0 spiro atoms. The molecule has 2 nitrogen and oxygen atoms in total. The van der Waals surface area contributed by atoms with Gasteiger partial charge in [0, 0.05) is 23.7 Å². The number of nitrogens with one attached hydrogen (secondary N) is 1. The Labute approximate surface area is 125 Å². The average Bonchev–Trinajstić information content (AvgIpc) is 3.09. The zero-order chi connectivity index (χ0) is 14.6. The maximum absolute atomic E-state index is 14.0. The van der Waals surface area contributed by atoms with Crippen molar-refractivity contribution >= 4 is 0 Å². The minimum absolute atomic E-state index is 0.00262. The van der Waals surface area contributed by atoms with Crippen LogP contribution in [0.5, 0.6) is 5.75 Å². The first-order chi connectivity index (χ1) is 10.1. The molecule has 3 fully saturated rings. The zero-order valence-electron chi connectivity index (χ0n) is 12.6. The summed E-state index contributed by atoms with van der Waals surface area (Å²) in [6.07, 6.45) is 6.93. The van der Waals surface area contributed by atoms with E-state index in [1.165, 1.54) is 38.2 Å². The lowest BCUT2D eigenvalue weighted by molar-refractivity contribution is 0.199. The molecule has 3 saturated carbocycles. The van der Waals surface area contributed by atoms with E-state index in [1.807, 2.05) is 6.92 Å². The highest BCUT2D eigenvalue weighted by Gasteiger charge is 2.53. The Morgan fingerprint density at radius 3 is 2.81 bits per heavy atom. The van der Waals surface area contributed by atoms with Gasteiger partial charge in [0.1, 0.15) is 11.6 Å². The molecule has 2 bridgehead atoms. The van der Waals surface area contributed by atoms with Crippen molar-refractivity contribution in [2.24, 2.45) is 23.7 Å². The third-order valence-electron chi connectivity index (χ3n) is 6.34. The summed E-state index contributed by atoms with van der Waals surface area (Å²) >= 11 is 0. The minimum atomic E-state index is -0.308. The van der Waals surface area contributed by atoms with Crippen LogP contribution >= 0.6 is 0 Å². The van der Waals surface area contributed by atoms with E-state index in [4.69, 9.17) is 0 Å². The van der Waals surface area contributed by atoms with Crippen LogP contribution in [0.25, 0.3) is 0 Å². The van der Waals surface area contributed by atoms with Gasteiger partial charge in [0.2, 0.25) is 0 Å². The summed E-state index contributed by atoms with van der Waals surface area (Å²) in [6, 6.07) is 5.05. The molecule has 0 amide bonds. The summed E-state index contributed by atoms with van der Waals surface area (Å²) in [5.41, 5.74) is 0.665. The third-order valence-corrected chi connectivity index (χ3v) is 6.34. The molecule has 0 aliphatic heterocycles. The van der Waals surface area contributed by atoms with E-state index < -0.39 is 0 Å². The second-order valence-corrected chi connectivity index (χ2v) is 7.35. The Balaban J connectivity index is 1.47. The Kier molecular flexibility index (Phi) is 3.21. The van der Waals surface area contributed by atoms with Crippen molar-refractivity contribution in [3.8, 4) is 5.75 Å². The molecular weight excluding hydrogens is 265 g/mol. The highest BCUT2D eigenvalue weighted by atomic mass is 19.1. The predicted octanol–water partition coefficient (Wildman–Crippen LogP) is 4.01. The number of hydrogen-bond acceptors (Lipinski definition) is 2. The van der Waals surface area contributed by atoms with Crippen molar-refractivity contribution in [3.63, 3.8) is 0 Å². The van der Waals surface area contributed by atoms with Gasteiger partial charge in [0.15, 0.2) is 0 Å². The van der Waals surface area contributed by atoms with E-state index in [0.717, 1.165) is 23.7 Å². The van der Waals surface area contributed by atoms with Gasteiger partial charge in [-0.2, -0.15) is 0 Å². The summed E-state index contributed by atoms with van der Waals surface area (Å²) in [6.45, 7) is 2.04. The molecule has 3 heteroatoms. The van der Waals surface area contributed by atoms with E-state index in [2.05, 4.69) is 5.32 Å². The van der Waals surface area contributed by atoms with Gasteiger partial charge in [-0.1, -0.05) is 12.5 Å². The van der Waals surface area contributed by atoms with Gasteiger partial charge in [-0.05, 0) is 62.3 Å². The van der Waals surface area contributed by atoms with E-state index in [9.17, 15) is 9.50 Å². The molecule has 0 saturated heterocycles. The monoisotopic (exact) mass is 289 g/mol. The van der Waals surface area contributed by atoms with Crippen molar-refractivity contribution < 1.29 is 9.50 Å². The molecule has 1 aromatic rings. The van der Waals surface area contributed by atoms with Crippen molar-refractivity contribution in [3.05, 3.63) is 29.6 Å². The van der Waals surface area contributed by atoms with Crippen LogP contribution in [-0.4, -0.2) is 11.1 Å². The SMILES string of the molecule is CC(NC1CC2CC1C1CCCC21)c1ccc(O)cc1F. The number of aromatic hydroxyl groups is 1. The van der Waals surface area contributed by atoms with Crippen LogP contribution in [-0.2, 0) is 0 Å². The maximum atomic E-state index is 14.0. The lowest BCUT2D eigenvalue weighted by Crippen LogP contribution is -2.40. The van der Waals surface area contributed by atoms with Gasteiger partial charge < -0.3 is 10.4 Å². The number of benzene rings is 1. The summed E-state index contributed by atoms with van der Waals surface area (Å²) < 4.78 is 14.0. The number of hydrogen-bond donors (Lipinski definition) is 2. The second kappa shape index (κ2) is 4.98. The lowest BCUT2D eigenvalue weighted by atomic mass is 9.79. The van der Waals surface area contributed by atoms with E-state index in [-0.39, 0.29) is 17.6 Å². The van der Waals surface area contributed by atoms with Gasteiger partial charge in [-0.25, -0.2) is 4.39 Å². The van der Waals surface area contributed by atoms with Crippen LogP contribution < -0.4 is 5.32 Å². The van der Waals surface area contributed by atoms with Gasteiger partial charge in [0.05, 0.1) is 0 Å². The number of halogens is 1. The first-order valence-corrected chi connectivity index (χ1v) is 8.38. The largest absolute Gasteiger partial charge is 0.508 e. The standard InChI is InChI=1S/C18H24FNO/c1-10(13-6-5-12(21)9-17(13)19)20-18-8-11-7-16(18)15-4-2-3-14(11)15/h5-6,9-11,14-16,18,20-21H,2-4,7-8H2,1H3. The summed E-state index contributed by atoms with van der Waals surface area (Å²) in [7, 11) is 0. The molecule has 0 aromatic heterocycles. The van der Waals surface area contributed by atoms with Gasteiger partial charge >= 0.3 is 0 Å². The first kappa shape index (κ1) is 13.6. The van der Waals surface area contributed by atoms with Gasteiger partial charge in [-0.15, -0.1) is 0 Å². The van der Waals surface area contributed by atoms with Crippen molar-refractivity contribution in [2.75, 3.05) is 0 Å². The van der Waals surface area contributed by atoms with E-state index in [0.29, 0.717) is 11.6 Å². The fraction of sp³-hybridized carbons (Fsp3) is 0.667. The Morgan fingerprint density at radius 1 is 1.19 bits per heavy atom. The van der Waals surface area contributed by atoms with Crippen molar-refractivity contribution in [2.45, 2.75) is 51.1 Å². The summed E-state index contributed by atoms with van der Waals surface area (Å²) in [4.78, 5) is 0. The molecule has 21 heavy (non-hydrogen) atoms. The number of fused-ring (bicyclic) bond motifs is 5. The minimum Gasteiger partial charge on any atom is -0.508 e. The Morgan fingerprint density at radius 2 is 2.00 bits per heavy atom. The van der Waals surface area contributed by atoms with E-state index >= 15 is 0 Å². The average molecular weight is 289 g/mol. The number of phenolic OH excluding ortho intramolecular Hbond substituents is 1. The summed E-state index contributed by atoms with van der Waals surface area (Å²) in [5, 5.41) is 13.0. The molecule has 6 unspecified atom stereocenters. The molecule has 2 N–H and O–H groups in total. The molecule has 114 valence electrons. The molecular formula is C18H24FNO. The van der Waals surface area contributed by atoms with Crippen LogP contribution in [0.1, 0.15) is 50.6 Å². The van der Waals surface area contributed by atoms with Crippen LogP contribution in [0.2, 0.25) is 0 Å². The summed E-state index contributed by atoms with van der Waals surface area (Å²) in [5.74, 6) is 3.34.